The van der Waals surface area contributed by atoms with E-state index in [-0.39, 0.29) is 19.3 Å². The van der Waals surface area contributed by atoms with Gasteiger partial charge >= 0.3 is 6.09 Å². The van der Waals surface area contributed by atoms with Gasteiger partial charge in [0, 0.05) is 95.3 Å². The Bertz CT molecular complexity index is 4250. The van der Waals surface area contributed by atoms with Crippen LogP contribution in [0.15, 0.2) is 114 Å². The van der Waals surface area contributed by atoms with Gasteiger partial charge in [-0.2, -0.15) is 0 Å². The lowest BCUT2D eigenvalue weighted by Gasteiger charge is -2.36. The molecule has 0 spiro atoms. The lowest BCUT2D eigenvalue weighted by Crippen LogP contribution is -2.50. The summed E-state index contributed by atoms with van der Waals surface area (Å²) < 4.78 is 34.2. The summed E-state index contributed by atoms with van der Waals surface area (Å²) in [4.78, 5) is 37.6. The Hall–Kier alpha value is -8.65. The number of nitrogens with zero attached hydrogens (tertiary/aromatic N) is 8. The molecular formula is C73H87BrN10O8. The average Bonchev–Trinajstić information content (AvgIpc) is 1.56. The van der Waals surface area contributed by atoms with Crippen LogP contribution in [0.4, 0.5) is 22.1 Å². The minimum absolute atomic E-state index is 0.0302. The van der Waals surface area contributed by atoms with Crippen molar-refractivity contribution in [3.8, 4) is 23.0 Å². The van der Waals surface area contributed by atoms with E-state index in [2.05, 4.69) is 117 Å². The quantitative estimate of drug-likeness (QED) is 0.0472. The number of nitrogens with one attached hydrogen (secondary N) is 2. The van der Waals surface area contributed by atoms with Crippen LogP contribution in [0.3, 0.4) is 0 Å². The van der Waals surface area contributed by atoms with Gasteiger partial charge in [-0.3, -0.25) is 0 Å². The number of ether oxygens (including phenoxy) is 5. The van der Waals surface area contributed by atoms with Crippen molar-refractivity contribution in [3.63, 3.8) is 0 Å². The van der Waals surface area contributed by atoms with E-state index in [4.69, 9.17) is 43.6 Å². The van der Waals surface area contributed by atoms with Crippen molar-refractivity contribution in [2.75, 3.05) is 70.2 Å². The largest absolute Gasteiger partial charge is 0.496 e. The zero-order valence-corrected chi connectivity index (χ0v) is 56.6. The van der Waals surface area contributed by atoms with Gasteiger partial charge in [0.25, 0.3) is 0 Å². The van der Waals surface area contributed by atoms with Crippen molar-refractivity contribution in [1.29, 1.82) is 0 Å². The van der Waals surface area contributed by atoms with Gasteiger partial charge in [0.05, 0.1) is 76.8 Å². The molecule has 10 aromatic rings. The minimum Gasteiger partial charge on any atom is -0.496 e. The monoisotopic (exact) mass is 1310 g/mol. The normalized spacial score (nSPS) is 12.6. The van der Waals surface area contributed by atoms with Crippen molar-refractivity contribution in [1.82, 2.24) is 34.0 Å². The fourth-order valence-electron chi connectivity index (χ4n) is 11.9. The molecule has 1 aliphatic rings. The summed E-state index contributed by atoms with van der Waals surface area (Å²) in [7, 11) is 6.73. The molecule has 5 heterocycles. The number of anilines is 3. The molecule has 0 unspecified atom stereocenters. The number of piperazine rings is 1. The second-order valence-corrected chi connectivity index (χ2v) is 25.4. The highest BCUT2D eigenvalue weighted by Gasteiger charge is 2.28. The number of carbonyl (C=O) groups excluding carboxylic acids is 1. The minimum atomic E-state index is -0.533. The number of imidazole rings is 2. The van der Waals surface area contributed by atoms with Gasteiger partial charge in [-0.05, 0) is 130 Å². The first-order valence-corrected chi connectivity index (χ1v) is 32.6. The Morgan fingerprint density at radius 2 is 1.00 bits per heavy atom. The van der Waals surface area contributed by atoms with Gasteiger partial charge in [-0.15, -0.1) is 0 Å². The Kier molecular flexibility index (Phi) is 21.4. The number of methoxy groups -OCH3 is 4. The summed E-state index contributed by atoms with van der Waals surface area (Å²) in [6, 6.07) is 36.8. The number of aromatic nitrogens is 6. The van der Waals surface area contributed by atoms with E-state index in [1.54, 1.807) is 33.3 Å². The molecule has 0 radical (unpaired) electrons. The smallest absolute Gasteiger partial charge is 0.410 e. The van der Waals surface area contributed by atoms with Crippen molar-refractivity contribution < 1.29 is 38.7 Å². The van der Waals surface area contributed by atoms with Crippen LogP contribution in [0.5, 0.6) is 23.0 Å². The first kappa shape index (κ1) is 66.3. The van der Waals surface area contributed by atoms with E-state index in [9.17, 15) is 15.0 Å². The first-order valence-electron chi connectivity index (χ1n) is 31.8. The van der Waals surface area contributed by atoms with Crippen LogP contribution in [0.1, 0.15) is 116 Å². The molecule has 18 nitrogen and oxygen atoms in total. The fraction of sp³-hybridized carbons (Fsp3) is 0.384. The molecule has 11 rings (SSSR count). The van der Waals surface area contributed by atoms with Crippen molar-refractivity contribution in [2.45, 2.75) is 132 Å². The van der Waals surface area contributed by atoms with Crippen molar-refractivity contribution in [2.24, 2.45) is 0 Å². The number of amides is 1. The number of aryl methyl sites for hydroxylation is 4. The molecule has 484 valence electrons. The van der Waals surface area contributed by atoms with Crippen LogP contribution in [0.2, 0.25) is 0 Å². The summed E-state index contributed by atoms with van der Waals surface area (Å²) in [5.41, 5.74) is 14.0. The van der Waals surface area contributed by atoms with Gasteiger partial charge in [-0.1, -0.05) is 91.1 Å². The maximum absolute atomic E-state index is 12.8. The molecule has 0 atom stereocenters. The van der Waals surface area contributed by atoms with Crippen LogP contribution in [0, 0.1) is 13.8 Å². The molecule has 92 heavy (non-hydrogen) atoms. The fourth-order valence-corrected chi connectivity index (χ4v) is 12.2. The topological polar surface area (TPSA) is 196 Å². The Morgan fingerprint density at radius 3 is 1.45 bits per heavy atom. The van der Waals surface area contributed by atoms with E-state index in [1.807, 2.05) is 81.4 Å². The van der Waals surface area contributed by atoms with Crippen LogP contribution >= 0.6 is 15.9 Å². The second kappa shape index (κ2) is 29.7. The summed E-state index contributed by atoms with van der Waals surface area (Å²) in [6.07, 6.45) is 5.51. The summed E-state index contributed by atoms with van der Waals surface area (Å²) in [6.45, 7) is 18.8. The molecule has 1 saturated heterocycles. The van der Waals surface area contributed by atoms with Crippen molar-refractivity contribution >= 4 is 83.2 Å². The molecule has 6 aromatic carbocycles. The van der Waals surface area contributed by atoms with E-state index >= 15 is 0 Å². The molecule has 0 bridgehead atoms. The maximum Gasteiger partial charge on any atom is 0.410 e. The number of halogens is 1. The Morgan fingerprint density at radius 1 is 0.554 bits per heavy atom. The number of rotatable bonds is 23. The number of aliphatic hydroxyl groups is 2. The Balaban J connectivity index is 0.000000209. The van der Waals surface area contributed by atoms with Crippen LogP contribution in [-0.2, 0) is 57.0 Å². The first-order chi connectivity index (χ1) is 44.5. The van der Waals surface area contributed by atoms with E-state index in [0.717, 1.165) is 178 Å². The molecule has 19 heteroatoms. The molecular weight excluding hydrogens is 1220 g/mol. The third-order valence-electron chi connectivity index (χ3n) is 16.8. The predicted octanol–water partition coefficient (Wildman–Crippen LogP) is 14.6. The summed E-state index contributed by atoms with van der Waals surface area (Å²) in [5.74, 6) is 6.59. The standard InChI is InChI=1S/C41H52N6O5.C32H35BrN4O3/c1-8-9-10-36-44-37-38(47(36)25-30-14-12-28(26-48)22-35(30)51-7)32-23-31(45-17-19-46(20-18-45)40(49)52-41(3,4)5)15-16-33(32)43-39(37)42-24-29-13-11-27(2)21-34(29)50-6;1-5-6-7-29-36-30-31(37(29)18-23-11-9-21(19-38)15-28(23)40-4)25-16-24(33)12-13-26(25)35-32(30)34-17-22-10-8-20(2)14-27(22)39-3/h11-16,21-23,48H,8-10,17-20,24-26H2,1-7H3,(H,42,43);8-16,38H,5-7,17-19H2,1-4H3,(H,34,35). The van der Waals surface area contributed by atoms with E-state index in [1.165, 1.54) is 0 Å². The summed E-state index contributed by atoms with van der Waals surface area (Å²) >= 11 is 3.67. The molecule has 0 aliphatic carbocycles. The highest BCUT2D eigenvalue weighted by molar-refractivity contribution is 9.10. The molecule has 1 amide bonds. The second-order valence-electron chi connectivity index (χ2n) is 24.5. The maximum atomic E-state index is 12.8. The molecule has 4 N–H and O–H groups in total. The number of aliphatic hydroxyl groups excluding tert-OH is 2. The van der Waals surface area contributed by atoms with E-state index < -0.39 is 5.60 Å². The van der Waals surface area contributed by atoms with Crippen LogP contribution in [-0.4, -0.2) is 110 Å². The van der Waals surface area contributed by atoms with Gasteiger partial charge in [0.15, 0.2) is 11.6 Å². The molecule has 0 saturated carbocycles. The number of carbonyl (C=O) groups is 1. The number of hydrogen-bond acceptors (Lipinski definition) is 15. The van der Waals surface area contributed by atoms with Crippen LogP contribution in [0.25, 0.3) is 43.9 Å². The zero-order valence-electron chi connectivity index (χ0n) is 55.0. The molecule has 1 aliphatic heterocycles. The number of pyridine rings is 2. The molecule has 4 aromatic heterocycles. The third-order valence-corrected chi connectivity index (χ3v) is 17.3. The zero-order chi connectivity index (χ0) is 65.2. The average molecular weight is 1310 g/mol. The summed E-state index contributed by atoms with van der Waals surface area (Å²) in [5, 5.41) is 28.7. The van der Waals surface area contributed by atoms with Gasteiger partial charge in [0.2, 0.25) is 0 Å². The van der Waals surface area contributed by atoms with Gasteiger partial charge < -0.3 is 63.5 Å². The highest BCUT2D eigenvalue weighted by atomic mass is 79.9. The number of unbranched alkanes of at least 4 members (excludes halogenated alkanes) is 2. The third kappa shape index (κ3) is 15.1. The van der Waals surface area contributed by atoms with Gasteiger partial charge in [-0.25, -0.2) is 24.7 Å². The van der Waals surface area contributed by atoms with Crippen molar-refractivity contribution in [3.05, 3.63) is 170 Å². The highest BCUT2D eigenvalue weighted by Crippen LogP contribution is 2.38. The predicted molar refractivity (Wildman–Crippen MR) is 371 cm³/mol. The van der Waals surface area contributed by atoms with Gasteiger partial charge in [0.1, 0.15) is 51.3 Å². The van der Waals surface area contributed by atoms with Crippen LogP contribution < -0.4 is 34.5 Å². The lowest BCUT2D eigenvalue weighted by molar-refractivity contribution is 0.0240. The molecule has 1 fully saturated rings. The number of fused-ring (bicyclic) bond motifs is 6. The number of hydrogen-bond donors (Lipinski definition) is 4. The Labute approximate surface area is 548 Å². The van der Waals surface area contributed by atoms with E-state index in [0.29, 0.717) is 58.2 Å². The number of benzene rings is 6. The SMILES string of the molecule is CCCCc1nc2c(NCc3ccc(C)cc3OC)nc3ccc(Br)cc3c2n1Cc1ccc(CO)cc1OC.CCCCc1nc2c(NCc3ccc(C)cc3OC)nc3ccc(N4CCN(C(=O)OC(C)(C)C)CC4)cc3c2n1Cc1ccc(CO)cc1OC. The lowest BCUT2D eigenvalue weighted by atomic mass is 10.1.